The monoisotopic (exact) mass is 428 g/mol. The van der Waals surface area contributed by atoms with Crippen molar-refractivity contribution in [2.24, 2.45) is 0 Å². The molecule has 3 aromatic rings. The van der Waals surface area contributed by atoms with Gasteiger partial charge in [0.05, 0.1) is 6.61 Å². The second-order valence-electron chi connectivity index (χ2n) is 7.90. The average Bonchev–Trinajstić information content (AvgIpc) is 3.33. The molecule has 3 aromatic carbocycles. The van der Waals surface area contributed by atoms with E-state index in [2.05, 4.69) is 29.6 Å². The van der Waals surface area contributed by atoms with Crippen LogP contribution >= 0.6 is 0 Å². The lowest BCUT2D eigenvalue weighted by molar-refractivity contribution is -0.125. The van der Waals surface area contributed by atoms with E-state index in [0.717, 1.165) is 23.1 Å². The van der Waals surface area contributed by atoms with E-state index < -0.39 is 6.04 Å². The number of benzene rings is 3. The van der Waals surface area contributed by atoms with Gasteiger partial charge >= 0.3 is 0 Å². The number of hydrogen-bond acceptors (Lipinski definition) is 3. The minimum atomic E-state index is -0.443. The molecule has 1 fully saturated rings. The quantitative estimate of drug-likeness (QED) is 0.595. The van der Waals surface area contributed by atoms with Gasteiger partial charge in [0.1, 0.15) is 11.8 Å². The maximum absolute atomic E-state index is 13.1. The summed E-state index contributed by atoms with van der Waals surface area (Å²) in [5.41, 5.74) is 3.88. The molecule has 1 heterocycles. The second-order valence-corrected chi connectivity index (χ2v) is 7.90. The second kappa shape index (κ2) is 10.1. The first-order valence-electron chi connectivity index (χ1n) is 11.1. The third-order valence-electron chi connectivity index (χ3n) is 5.74. The number of amides is 2. The lowest BCUT2D eigenvalue weighted by Gasteiger charge is -2.24. The molecule has 1 aliphatic heterocycles. The van der Waals surface area contributed by atoms with Gasteiger partial charge in [0.15, 0.2) is 0 Å². The first kappa shape index (κ1) is 21.6. The third kappa shape index (κ3) is 4.99. The molecular formula is C27H28N2O3. The van der Waals surface area contributed by atoms with E-state index in [1.807, 2.05) is 49.4 Å². The van der Waals surface area contributed by atoms with Crippen LogP contribution in [0.2, 0.25) is 0 Å². The van der Waals surface area contributed by atoms with Crippen LogP contribution in [0.5, 0.6) is 5.75 Å². The van der Waals surface area contributed by atoms with Gasteiger partial charge in [0, 0.05) is 18.7 Å². The van der Waals surface area contributed by atoms with Crippen molar-refractivity contribution in [2.45, 2.75) is 32.4 Å². The molecular weight excluding hydrogens is 400 g/mol. The van der Waals surface area contributed by atoms with Gasteiger partial charge in [0.25, 0.3) is 5.91 Å². The Morgan fingerprint density at radius 3 is 2.47 bits per heavy atom. The highest BCUT2D eigenvalue weighted by Crippen LogP contribution is 2.23. The minimum absolute atomic E-state index is 0.107. The number of hydrogen-bond donors (Lipinski definition) is 1. The van der Waals surface area contributed by atoms with Crippen LogP contribution in [0.15, 0.2) is 78.9 Å². The highest BCUT2D eigenvalue weighted by molar-refractivity contribution is 5.98. The molecule has 0 spiro atoms. The van der Waals surface area contributed by atoms with Crippen LogP contribution in [0, 0.1) is 0 Å². The molecule has 0 saturated carbocycles. The first-order valence-corrected chi connectivity index (χ1v) is 11.1. The Bertz CT molecular complexity index is 1060. The highest BCUT2D eigenvalue weighted by Gasteiger charge is 2.34. The number of ether oxygens (including phenoxy) is 1. The molecule has 2 amide bonds. The van der Waals surface area contributed by atoms with E-state index in [-0.39, 0.29) is 11.8 Å². The van der Waals surface area contributed by atoms with Crippen molar-refractivity contribution < 1.29 is 14.3 Å². The zero-order chi connectivity index (χ0) is 22.3. The zero-order valence-corrected chi connectivity index (χ0v) is 18.3. The van der Waals surface area contributed by atoms with Crippen LogP contribution in [0.3, 0.4) is 0 Å². The normalized spacial score (nSPS) is 15.4. The van der Waals surface area contributed by atoms with Crippen LogP contribution in [0.1, 0.15) is 35.7 Å². The summed E-state index contributed by atoms with van der Waals surface area (Å²) in [6.45, 7) is 3.47. The fraction of sp³-hybridized carbons (Fsp3) is 0.259. The van der Waals surface area contributed by atoms with Crippen molar-refractivity contribution >= 4 is 11.8 Å². The maximum atomic E-state index is 13.1. The Balaban J connectivity index is 1.37. The lowest BCUT2D eigenvalue weighted by atomic mass is 10.0. The van der Waals surface area contributed by atoms with E-state index in [0.29, 0.717) is 37.4 Å². The largest absolute Gasteiger partial charge is 0.494 e. The Kier molecular flexibility index (Phi) is 6.85. The molecule has 164 valence electrons. The van der Waals surface area contributed by atoms with Crippen LogP contribution in [0.4, 0.5) is 0 Å². The van der Waals surface area contributed by atoms with Crippen LogP contribution in [0.25, 0.3) is 11.1 Å². The smallest absolute Gasteiger partial charge is 0.254 e. The van der Waals surface area contributed by atoms with Crippen LogP contribution in [-0.2, 0) is 11.3 Å². The molecule has 1 atom stereocenters. The molecule has 0 radical (unpaired) electrons. The predicted octanol–water partition coefficient (Wildman–Crippen LogP) is 4.67. The molecule has 32 heavy (non-hydrogen) atoms. The van der Waals surface area contributed by atoms with Crippen LogP contribution in [-0.4, -0.2) is 35.9 Å². The van der Waals surface area contributed by atoms with Crippen molar-refractivity contribution in [1.29, 1.82) is 0 Å². The fourth-order valence-corrected chi connectivity index (χ4v) is 4.09. The highest BCUT2D eigenvalue weighted by atomic mass is 16.5. The van der Waals surface area contributed by atoms with Crippen molar-refractivity contribution in [3.8, 4) is 16.9 Å². The molecule has 0 bridgehead atoms. The van der Waals surface area contributed by atoms with E-state index >= 15 is 0 Å². The molecule has 1 aliphatic rings. The van der Waals surface area contributed by atoms with E-state index in [1.54, 1.807) is 17.0 Å². The van der Waals surface area contributed by atoms with Gasteiger partial charge in [-0.25, -0.2) is 0 Å². The number of nitrogens with one attached hydrogen (secondary N) is 1. The third-order valence-corrected chi connectivity index (χ3v) is 5.74. The van der Waals surface area contributed by atoms with E-state index in [9.17, 15) is 9.59 Å². The summed E-state index contributed by atoms with van der Waals surface area (Å²) in [6.07, 6.45) is 1.50. The Labute approximate surface area is 189 Å². The standard InChI is InChI=1S/C27H28N2O3/c1-2-32-24-11-6-10-23(18-24)27(31)29-17-7-12-25(29)26(30)28-19-20-13-15-22(16-14-20)21-8-4-3-5-9-21/h3-6,8-11,13-16,18,25H,2,7,12,17,19H2,1H3,(H,28,30). The Hall–Kier alpha value is -3.60. The molecule has 1 N–H and O–H groups in total. The Morgan fingerprint density at radius 2 is 1.72 bits per heavy atom. The number of carbonyl (C=O) groups is 2. The fourth-order valence-electron chi connectivity index (χ4n) is 4.09. The van der Waals surface area contributed by atoms with Gasteiger partial charge in [0.2, 0.25) is 5.91 Å². The average molecular weight is 429 g/mol. The van der Waals surface area contributed by atoms with Gasteiger partial charge in [-0.1, -0.05) is 60.7 Å². The maximum Gasteiger partial charge on any atom is 0.254 e. The van der Waals surface area contributed by atoms with Crippen molar-refractivity contribution in [1.82, 2.24) is 10.2 Å². The summed E-state index contributed by atoms with van der Waals surface area (Å²) in [5, 5.41) is 3.01. The molecule has 4 rings (SSSR count). The predicted molar refractivity (Wildman–Crippen MR) is 125 cm³/mol. The summed E-state index contributed by atoms with van der Waals surface area (Å²) in [6, 6.07) is 25.1. The van der Waals surface area contributed by atoms with Gasteiger partial charge in [-0.3, -0.25) is 9.59 Å². The van der Waals surface area contributed by atoms with Crippen molar-refractivity contribution in [3.05, 3.63) is 90.0 Å². The first-order chi connectivity index (χ1) is 15.7. The van der Waals surface area contributed by atoms with Crippen molar-refractivity contribution in [3.63, 3.8) is 0 Å². The SMILES string of the molecule is CCOc1cccc(C(=O)N2CCCC2C(=O)NCc2ccc(-c3ccccc3)cc2)c1. The Morgan fingerprint density at radius 1 is 0.969 bits per heavy atom. The summed E-state index contributed by atoms with van der Waals surface area (Å²) < 4.78 is 5.51. The van der Waals surface area contributed by atoms with Gasteiger partial charge < -0.3 is 15.0 Å². The molecule has 1 unspecified atom stereocenters. The number of likely N-dealkylation sites (tertiary alicyclic amines) is 1. The molecule has 0 aliphatic carbocycles. The molecule has 0 aromatic heterocycles. The number of carbonyl (C=O) groups excluding carboxylic acids is 2. The van der Waals surface area contributed by atoms with Gasteiger partial charge in [-0.05, 0) is 54.7 Å². The van der Waals surface area contributed by atoms with E-state index in [1.165, 1.54) is 0 Å². The molecule has 5 nitrogen and oxygen atoms in total. The summed E-state index contributed by atoms with van der Waals surface area (Å²) in [4.78, 5) is 27.6. The van der Waals surface area contributed by atoms with E-state index in [4.69, 9.17) is 4.74 Å². The summed E-state index contributed by atoms with van der Waals surface area (Å²) in [7, 11) is 0. The topological polar surface area (TPSA) is 58.6 Å². The van der Waals surface area contributed by atoms with Gasteiger partial charge in [-0.2, -0.15) is 0 Å². The number of nitrogens with zero attached hydrogens (tertiary/aromatic N) is 1. The molecule has 1 saturated heterocycles. The summed E-state index contributed by atoms with van der Waals surface area (Å²) in [5.74, 6) is 0.429. The molecule has 5 heteroatoms. The van der Waals surface area contributed by atoms with Crippen molar-refractivity contribution in [2.75, 3.05) is 13.2 Å². The zero-order valence-electron chi connectivity index (χ0n) is 18.3. The van der Waals surface area contributed by atoms with Gasteiger partial charge in [-0.15, -0.1) is 0 Å². The van der Waals surface area contributed by atoms with Crippen LogP contribution < -0.4 is 10.1 Å². The minimum Gasteiger partial charge on any atom is -0.494 e. The summed E-state index contributed by atoms with van der Waals surface area (Å²) >= 11 is 0. The number of rotatable bonds is 7. The lowest BCUT2D eigenvalue weighted by Crippen LogP contribution is -2.45.